The second-order valence-electron chi connectivity index (χ2n) is 3.85. The van der Waals surface area contributed by atoms with Gasteiger partial charge in [-0.1, -0.05) is 36.8 Å². The summed E-state index contributed by atoms with van der Waals surface area (Å²) in [6.45, 7) is 12.5. The highest BCUT2D eigenvalue weighted by Gasteiger charge is 2.00. The maximum Gasteiger partial charge on any atom is 0.0661 e. The molecule has 0 amide bonds. The van der Waals surface area contributed by atoms with Crippen molar-refractivity contribution in [3.8, 4) is 0 Å². The average Bonchev–Trinajstić information content (AvgIpc) is 2.39. The third-order valence-electron chi connectivity index (χ3n) is 2.39. The van der Waals surface area contributed by atoms with Crippen LogP contribution in [0, 0.1) is 0 Å². The Morgan fingerprint density at radius 1 is 1.28 bits per heavy atom. The molecule has 0 N–H and O–H groups in total. The van der Waals surface area contributed by atoms with Crippen LogP contribution in [0.4, 0.5) is 0 Å². The fourth-order valence-electron chi connectivity index (χ4n) is 1.31. The van der Waals surface area contributed by atoms with Gasteiger partial charge in [0.05, 0.1) is 5.71 Å². The molecular formula is C16H24N2. The van der Waals surface area contributed by atoms with Gasteiger partial charge in [0, 0.05) is 12.7 Å². The predicted molar refractivity (Wildman–Crippen MR) is 83.6 cm³/mol. The molecule has 0 radical (unpaired) electrons. The molecule has 0 aliphatic rings. The Bertz CT molecular complexity index is 393. The molecule has 0 saturated carbocycles. The van der Waals surface area contributed by atoms with Gasteiger partial charge in [-0.25, -0.2) is 0 Å². The van der Waals surface area contributed by atoms with Crippen LogP contribution in [0.25, 0.3) is 0 Å². The van der Waals surface area contributed by atoms with Gasteiger partial charge >= 0.3 is 0 Å². The number of allylic oxidation sites excluding steroid dienone is 7. The van der Waals surface area contributed by atoms with E-state index in [1.165, 1.54) is 5.57 Å². The molecule has 0 heterocycles. The minimum absolute atomic E-state index is 0.753. The monoisotopic (exact) mass is 244 g/mol. The van der Waals surface area contributed by atoms with Crippen molar-refractivity contribution >= 4 is 12.4 Å². The number of rotatable bonds is 7. The van der Waals surface area contributed by atoms with E-state index in [0.717, 1.165) is 24.3 Å². The van der Waals surface area contributed by atoms with Gasteiger partial charge in [-0.05, 0) is 45.6 Å². The number of hydrogen-bond acceptors (Lipinski definition) is 2. The third-order valence-corrected chi connectivity index (χ3v) is 2.39. The molecule has 0 aromatic rings. The Morgan fingerprint density at radius 3 is 2.50 bits per heavy atom. The van der Waals surface area contributed by atoms with Crippen molar-refractivity contribution in [3.63, 3.8) is 0 Å². The summed E-state index contributed by atoms with van der Waals surface area (Å²) in [5, 5.41) is 0. The molecule has 0 rings (SSSR count). The van der Waals surface area contributed by atoms with Gasteiger partial charge in [0.15, 0.2) is 0 Å². The van der Waals surface area contributed by atoms with E-state index in [4.69, 9.17) is 0 Å². The van der Waals surface area contributed by atoms with Crippen LogP contribution < -0.4 is 0 Å². The minimum Gasteiger partial charge on any atom is -0.285 e. The molecule has 0 unspecified atom stereocenters. The highest BCUT2D eigenvalue weighted by Crippen LogP contribution is 2.10. The fourth-order valence-corrected chi connectivity index (χ4v) is 1.31. The molecule has 0 fully saturated rings. The maximum atomic E-state index is 4.50. The second-order valence-corrected chi connectivity index (χ2v) is 3.85. The summed E-state index contributed by atoms with van der Waals surface area (Å²) in [7, 11) is 0. The normalized spacial score (nSPS) is 14.8. The van der Waals surface area contributed by atoms with Crippen LogP contribution in [0.3, 0.4) is 0 Å². The Kier molecular flexibility index (Phi) is 9.47. The van der Waals surface area contributed by atoms with Gasteiger partial charge in [-0.2, -0.15) is 0 Å². The van der Waals surface area contributed by atoms with Crippen LogP contribution in [0.1, 0.15) is 34.1 Å². The highest BCUT2D eigenvalue weighted by atomic mass is 14.7. The third kappa shape index (κ3) is 6.79. The molecule has 0 aromatic carbocycles. The first-order chi connectivity index (χ1) is 8.69. The van der Waals surface area contributed by atoms with Crippen LogP contribution in [0.5, 0.6) is 0 Å². The molecule has 2 heteroatoms. The SMILES string of the molecule is C=N/C=C\C(=NCC)C(=C\C=C/C)/C=C(\C)CC. The molecule has 0 spiro atoms. The summed E-state index contributed by atoms with van der Waals surface area (Å²) in [6, 6.07) is 0. The van der Waals surface area contributed by atoms with Crippen molar-refractivity contribution in [2.24, 2.45) is 9.98 Å². The van der Waals surface area contributed by atoms with E-state index in [1.807, 2.05) is 32.1 Å². The van der Waals surface area contributed by atoms with Gasteiger partial charge < -0.3 is 0 Å². The van der Waals surface area contributed by atoms with Gasteiger partial charge in [-0.15, -0.1) is 0 Å². The van der Waals surface area contributed by atoms with E-state index in [-0.39, 0.29) is 0 Å². The van der Waals surface area contributed by atoms with Gasteiger partial charge in [-0.3, -0.25) is 9.98 Å². The summed E-state index contributed by atoms with van der Waals surface area (Å²) in [6.07, 6.45) is 12.9. The molecule has 98 valence electrons. The molecule has 0 saturated heterocycles. The van der Waals surface area contributed by atoms with E-state index >= 15 is 0 Å². The average molecular weight is 244 g/mol. The fraction of sp³-hybridized carbons (Fsp3) is 0.375. The molecule has 0 bridgehead atoms. The summed E-state index contributed by atoms with van der Waals surface area (Å²) >= 11 is 0. The first-order valence-electron chi connectivity index (χ1n) is 6.36. The highest BCUT2D eigenvalue weighted by molar-refractivity contribution is 6.10. The van der Waals surface area contributed by atoms with E-state index in [9.17, 15) is 0 Å². The van der Waals surface area contributed by atoms with E-state index in [0.29, 0.717) is 0 Å². The van der Waals surface area contributed by atoms with Crippen molar-refractivity contribution < 1.29 is 0 Å². The summed E-state index contributed by atoms with van der Waals surface area (Å²) in [4.78, 5) is 8.24. The summed E-state index contributed by atoms with van der Waals surface area (Å²) in [5.41, 5.74) is 3.37. The van der Waals surface area contributed by atoms with Crippen LogP contribution in [0.15, 0.2) is 57.7 Å². The molecular weight excluding hydrogens is 220 g/mol. The van der Waals surface area contributed by atoms with Crippen molar-refractivity contribution in [2.45, 2.75) is 34.1 Å². The number of aliphatic imine (C=N–C) groups is 2. The Balaban J connectivity index is 5.44. The van der Waals surface area contributed by atoms with Crippen molar-refractivity contribution in [1.82, 2.24) is 0 Å². The molecule has 0 aliphatic carbocycles. The molecule has 0 aliphatic heterocycles. The van der Waals surface area contributed by atoms with E-state index in [2.05, 4.69) is 42.7 Å². The first-order valence-corrected chi connectivity index (χ1v) is 6.36. The minimum atomic E-state index is 0.753. The Hall–Kier alpha value is -1.70. The zero-order valence-corrected chi connectivity index (χ0v) is 12.0. The lowest BCUT2D eigenvalue weighted by Crippen LogP contribution is -1.99. The van der Waals surface area contributed by atoms with Crippen LogP contribution in [-0.2, 0) is 0 Å². The lowest BCUT2D eigenvalue weighted by Gasteiger charge is -2.04. The van der Waals surface area contributed by atoms with Crippen LogP contribution in [-0.4, -0.2) is 19.0 Å². The largest absolute Gasteiger partial charge is 0.285 e. The van der Waals surface area contributed by atoms with Gasteiger partial charge in [0.25, 0.3) is 0 Å². The van der Waals surface area contributed by atoms with E-state index in [1.54, 1.807) is 6.20 Å². The first kappa shape index (κ1) is 16.3. The number of hydrogen-bond donors (Lipinski definition) is 0. The van der Waals surface area contributed by atoms with Gasteiger partial charge in [0.2, 0.25) is 0 Å². The topological polar surface area (TPSA) is 24.7 Å². The molecule has 0 aromatic heterocycles. The lowest BCUT2D eigenvalue weighted by atomic mass is 10.0. The second kappa shape index (κ2) is 10.5. The quantitative estimate of drug-likeness (QED) is 0.464. The summed E-state index contributed by atoms with van der Waals surface area (Å²) < 4.78 is 0. The van der Waals surface area contributed by atoms with Crippen molar-refractivity contribution in [2.75, 3.05) is 6.54 Å². The number of nitrogens with zero attached hydrogens (tertiary/aromatic N) is 2. The van der Waals surface area contributed by atoms with E-state index < -0.39 is 0 Å². The van der Waals surface area contributed by atoms with Crippen LogP contribution in [0.2, 0.25) is 0 Å². The van der Waals surface area contributed by atoms with Crippen LogP contribution >= 0.6 is 0 Å². The predicted octanol–water partition coefficient (Wildman–Crippen LogP) is 4.52. The lowest BCUT2D eigenvalue weighted by molar-refractivity contribution is 1.09. The zero-order chi connectivity index (χ0) is 13.8. The van der Waals surface area contributed by atoms with Gasteiger partial charge in [0.1, 0.15) is 0 Å². The van der Waals surface area contributed by atoms with Crippen molar-refractivity contribution in [3.05, 3.63) is 47.7 Å². The Labute approximate surface area is 111 Å². The zero-order valence-electron chi connectivity index (χ0n) is 12.0. The van der Waals surface area contributed by atoms with Crippen molar-refractivity contribution in [1.29, 1.82) is 0 Å². The standard InChI is InChI=1S/C16H24N2/c1-6-9-10-15(13-14(4)7-2)16(18-8-3)11-12-17-5/h6,9-13H,5,7-8H2,1-4H3/b9-6-,12-11-,14-13+,15-10-,18-16?. The molecule has 0 atom stereocenters. The maximum absolute atomic E-state index is 4.50. The smallest absolute Gasteiger partial charge is 0.0661 e. The Morgan fingerprint density at radius 2 is 2.00 bits per heavy atom. The molecule has 18 heavy (non-hydrogen) atoms. The molecule has 2 nitrogen and oxygen atoms in total. The summed E-state index contributed by atoms with van der Waals surface area (Å²) in [5.74, 6) is 0.